The molecule has 0 saturated carbocycles. The Hall–Kier alpha value is -1.26. The van der Waals surface area contributed by atoms with Crippen LogP contribution < -0.4 is 20.1 Å². The van der Waals surface area contributed by atoms with Crippen LogP contribution in [0, 0.1) is 6.92 Å². The first-order valence-electron chi connectivity index (χ1n) is 8.05. The summed E-state index contributed by atoms with van der Waals surface area (Å²) < 4.78 is 11.6. The first-order valence-corrected chi connectivity index (χ1v) is 8.05. The van der Waals surface area contributed by atoms with Gasteiger partial charge in [-0.1, -0.05) is 19.9 Å². The van der Waals surface area contributed by atoms with Crippen LogP contribution in [0.1, 0.15) is 32.3 Å². The van der Waals surface area contributed by atoms with Crippen molar-refractivity contribution in [1.29, 1.82) is 0 Å². The van der Waals surface area contributed by atoms with Crippen molar-refractivity contribution in [2.24, 2.45) is 0 Å². The average molecular weight is 294 g/mol. The van der Waals surface area contributed by atoms with Gasteiger partial charge in [0.15, 0.2) is 11.5 Å². The molecule has 0 amide bonds. The molecule has 1 aromatic carbocycles. The molecule has 0 aliphatic heterocycles. The first kappa shape index (κ1) is 17.8. The minimum atomic E-state index is 0.660. The lowest BCUT2D eigenvalue weighted by molar-refractivity contribution is 0.267. The largest absolute Gasteiger partial charge is 0.488 e. The predicted molar refractivity (Wildman–Crippen MR) is 88.5 cm³/mol. The number of hydrogen-bond acceptors (Lipinski definition) is 4. The number of nitrogens with one attached hydrogen (secondary N) is 2. The van der Waals surface area contributed by atoms with Crippen LogP contribution in [0.4, 0.5) is 0 Å². The van der Waals surface area contributed by atoms with Crippen LogP contribution in [0.25, 0.3) is 0 Å². The lowest BCUT2D eigenvalue weighted by Crippen LogP contribution is -2.22. The molecule has 120 valence electrons. The van der Waals surface area contributed by atoms with Crippen molar-refractivity contribution in [3.63, 3.8) is 0 Å². The van der Waals surface area contributed by atoms with Gasteiger partial charge in [0.2, 0.25) is 0 Å². The van der Waals surface area contributed by atoms with Crippen LogP contribution in [0.3, 0.4) is 0 Å². The molecule has 0 spiro atoms. The molecule has 1 aromatic rings. The first-order chi connectivity index (χ1) is 10.3. The lowest BCUT2D eigenvalue weighted by Gasteiger charge is -2.14. The maximum absolute atomic E-state index is 5.83. The minimum absolute atomic E-state index is 0.660. The summed E-state index contributed by atoms with van der Waals surface area (Å²) in [6.45, 7) is 11.5. The fraction of sp³-hybridized carbons (Fsp3) is 0.647. The second-order valence-electron chi connectivity index (χ2n) is 5.15. The Morgan fingerprint density at radius 1 is 0.810 bits per heavy atom. The van der Waals surface area contributed by atoms with E-state index in [-0.39, 0.29) is 0 Å². The van der Waals surface area contributed by atoms with E-state index in [0.717, 1.165) is 50.5 Å². The van der Waals surface area contributed by atoms with Crippen LogP contribution in [-0.4, -0.2) is 39.4 Å². The zero-order valence-electron chi connectivity index (χ0n) is 13.7. The van der Waals surface area contributed by atoms with E-state index in [1.165, 1.54) is 5.56 Å². The molecule has 0 radical (unpaired) electrons. The Kier molecular flexibility index (Phi) is 9.66. The van der Waals surface area contributed by atoms with Crippen molar-refractivity contribution in [3.05, 3.63) is 23.8 Å². The fourth-order valence-corrected chi connectivity index (χ4v) is 1.92. The van der Waals surface area contributed by atoms with E-state index in [2.05, 4.69) is 37.5 Å². The van der Waals surface area contributed by atoms with Crippen molar-refractivity contribution < 1.29 is 9.47 Å². The van der Waals surface area contributed by atoms with Crippen molar-refractivity contribution in [2.45, 2.75) is 33.6 Å². The van der Waals surface area contributed by atoms with Gasteiger partial charge in [-0.25, -0.2) is 0 Å². The molecule has 0 unspecified atom stereocenters. The van der Waals surface area contributed by atoms with Crippen LogP contribution in [-0.2, 0) is 0 Å². The van der Waals surface area contributed by atoms with E-state index in [0.29, 0.717) is 13.2 Å². The van der Waals surface area contributed by atoms with Crippen molar-refractivity contribution in [2.75, 3.05) is 39.4 Å². The van der Waals surface area contributed by atoms with Gasteiger partial charge >= 0.3 is 0 Å². The molecule has 0 aliphatic rings. The number of benzene rings is 1. The summed E-state index contributed by atoms with van der Waals surface area (Å²) in [7, 11) is 0. The zero-order chi connectivity index (χ0) is 15.3. The maximum Gasteiger partial charge on any atom is 0.161 e. The SMILES string of the molecule is CCCNCCOc1ccc(C)cc1OCCNCCC. The molecule has 0 aliphatic carbocycles. The van der Waals surface area contributed by atoms with E-state index in [4.69, 9.17) is 9.47 Å². The van der Waals surface area contributed by atoms with Gasteiger partial charge in [-0.05, 0) is 50.6 Å². The zero-order valence-corrected chi connectivity index (χ0v) is 13.7. The smallest absolute Gasteiger partial charge is 0.161 e. The van der Waals surface area contributed by atoms with Crippen LogP contribution >= 0.6 is 0 Å². The van der Waals surface area contributed by atoms with E-state index >= 15 is 0 Å². The summed E-state index contributed by atoms with van der Waals surface area (Å²) in [4.78, 5) is 0. The van der Waals surface area contributed by atoms with Gasteiger partial charge in [0.05, 0.1) is 0 Å². The van der Waals surface area contributed by atoms with Gasteiger partial charge in [-0.15, -0.1) is 0 Å². The monoisotopic (exact) mass is 294 g/mol. The number of ether oxygens (including phenoxy) is 2. The van der Waals surface area contributed by atoms with Crippen molar-refractivity contribution in [3.8, 4) is 11.5 Å². The Labute approximate surface area is 129 Å². The summed E-state index contributed by atoms with van der Waals surface area (Å²) in [5, 5.41) is 6.66. The van der Waals surface area contributed by atoms with Gasteiger partial charge in [0.1, 0.15) is 13.2 Å². The molecule has 0 fully saturated rings. The third-order valence-electron chi connectivity index (χ3n) is 3.03. The molecule has 0 saturated heterocycles. The van der Waals surface area contributed by atoms with Gasteiger partial charge in [-0.2, -0.15) is 0 Å². The molecular weight excluding hydrogens is 264 g/mol. The average Bonchev–Trinajstić information content (AvgIpc) is 2.48. The van der Waals surface area contributed by atoms with E-state index in [1.807, 2.05) is 12.1 Å². The van der Waals surface area contributed by atoms with Gasteiger partial charge in [0.25, 0.3) is 0 Å². The highest BCUT2D eigenvalue weighted by Gasteiger charge is 2.05. The number of aryl methyl sites for hydroxylation is 1. The molecule has 2 N–H and O–H groups in total. The normalized spacial score (nSPS) is 10.6. The van der Waals surface area contributed by atoms with Gasteiger partial charge in [0, 0.05) is 13.1 Å². The fourth-order valence-electron chi connectivity index (χ4n) is 1.92. The van der Waals surface area contributed by atoms with Crippen LogP contribution in [0.2, 0.25) is 0 Å². The summed E-state index contributed by atoms with van der Waals surface area (Å²) >= 11 is 0. The number of rotatable bonds is 12. The Bertz CT molecular complexity index is 383. The summed E-state index contributed by atoms with van der Waals surface area (Å²) in [5.41, 5.74) is 1.18. The van der Waals surface area contributed by atoms with Crippen LogP contribution in [0.15, 0.2) is 18.2 Å². The highest BCUT2D eigenvalue weighted by atomic mass is 16.5. The second kappa shape index (κ2) is 11.4. The van der Waals surface area contributed by atoms with Crippen LogP contribution in [0.5, 0.6) is 11.5 Å². The summed E-state index contributed by atoms with van der Waals surface area (Å²) in [6, 6.07) is 6.08. The van der Waals surface area contributed by atoms with E-state index < -0.39 is 0 Å². The molecule has 4 nitrogen and oxygen atoms in total. The highest BCUT2D eigenvalue weighted by Crippen LogP contribution is 2.28. The van der Waals surface area contributed by atoms with E-state index in [9.17, 15) is 0 Å². The number of hydrogen-bond donors (Lipinski definition) is 2. The summed E-state index contributed by atoms with van der Waals surface area (Å²) in [5.74, 6) is 1.66. The van der Waals surface area contributed by atoms with Crippen molar-refractivity contribution in [1.82, 2.24) is 10.6 Å². The molecule has 0 atom stereocenters. The Morgan fingerprint density at radius 3 is 1.95 bits per heavy atom. The molecule has 0 bridgehead atoms. The maximum atomic E-state index is 5.83. The van der Waals surface area contributed by atoms with E-state index in [1.54, 1.807) is 0 Å². The van der Waals surface area contributed by atoms with Crippen molar-refractivity contribution >= 4 is 0 Å². The minimum Gasteiger partial charge on any atom is -0.488 e. The molecule has 4 heteroatoms. The molecule has 0 heterocycles. The molecule has 0 aromatic heterocycles. The third-order valence-corrected chi connectivity index (χ3v) is 3.03. The highest BCUT2D eigenvalue weighted by molar-refractivity contribution is 5.42. The third kappa shape index (κ3) is 7.93. The molecular formula is C17H30N2O2. The quantitative estimate of drug-likeness (QED) is 0.582. The summed E-state index contributed by atoms with van der Waals surface area (Å²) in [6.07, 6.45) is 2.28. The lowest BCUT2D eigenvalue weighted by atomic mass is 10.2. The standard InChI is InChI=1S/C17H30N2O2/c1-4-8-18-10-12-20-16-7-6-15(3)14-17(16)21-13-11-19-9-5-2/h6-7,14,18-19H,4-5,8-13H2,1-3H3. The topological polar surface area (TPSA) is 42.5 Å². The Morgan fingerprint density at radius 2 is 1.38 bits per heavy atom. The Balaban J connectivity index is 2.39. The second-order valence-corrected chi connectivity index (χ2v) is 5.15. The van der Waals surface area contributed by atoms with Gasteiger partial charge in [-0.3, -0.25) is 0 Å². The molecule has 1 rings (SSSR count). The predicted octanol–water partition coefficient (Wildman–Crippen LogP) is 2.75. The van der Waals surface area contributed by atoms with Gasteiger partial charge < -0.3 is 20.1 Å². The molecule has 21 heavy (non-hydrogen) atoms.